The summed E-state index contributed by atoms with van der Waals surface area (Å²) in [4.78, 5) is 20.0. The predicted molar refractivity (Wildman–Crippen MR) is 159 cm³/mol. The van der Waals surface area contributed by atoms with Gasteiger partial charge in [-0.15, -0.1) is 0 Å². The third-order valence-corrected chi connectivity index (χ3v) is 6.84. The first-order valence-electron chi connectivity index (χ1n) is 13.3. The fraction of sp³-hybridized carbons (Fsp3) is 0.407. The van der Waals surface area contributed by atoms with Gasteiger partial charge in [-0.3, -0.25) is 10.1 Å². The number of benzene rings is 2. The van der Waals surface area contributed by atoms with Crippen molar-refractivity contribution in [2.45, 2.75) is 6.42 Å². The van der Waals surface area contributed by atoms with E-state index in [-0.39, 0.29) is 10.6 Å². The van der Waals surface area contributed by atoms with Crippen LogP contribution in [-0.4, -0.2) is 91.2 Å². The molecule has 2 aromatic rings. The van der Waals surface area contributed by atoms with Gasteiger partial charge >= 0.3 is 0 Å². The molecule has 4 rings (SSSR count). The molecule has 0 spiro atoms. The van der Waals surface area contributed by atoms with Crippen LogP contribution in [0.4, 0.5) is 34.1 Å². The average molecular weight is 537 g/mol. The lowest BCUT2D eigenvalue weighted by molar-refractivity contribution is -0.383. The molecule has 0 saturated heterocycles. The molecule has 12 heteroatoms. The van der Waals surface area contributed by atoms with Crippen molar-refractivity contribution >= 4 is 34.1 Å². The highest BCUT2D eigenvalue weighted by Gasteiger charge is 2.16. The highest BCUT2D eigenvalue weighted by molar-refractivity contribution is 5.71. The Morgan fingerprint density at radius 2 is 1.26 bits per heavy atom. The number of hydrogen-bond acceptors (Lipinski definition) is 11. The molecule has 0 saturated carbocycles. The number of nitrogens with two attached hydrogens (primary N) is 1. The molecule has 12 nitrogen and oxygen atoms in total. The molecule has 2 aromatic carbocycles. The highest BCUT2D eigenvalue weighted by atomic mass is 16.6. The van der Waals surface area contributed by atoms with Gasteiger partial charge in [0.2, 0.25) is 0 Å². The van der Waals surface area contributed by atoms with E-state index in [4.69, 9.17) is 5.73 Å². The van der Waals surface area contributed by atoms with Crippen LogP contribution >= 0.6 is 0 Å². The average Bonchev–Trinajstić information content (AvgIpc) is 3.59. The van der Waals surface area contributed by atoms with E-state index in [2.05, 4.69) is 65.7 Å². The normalized spacial score (nSPS) is 14.3. The van der Waals surface area contributed by atoms with Gasteiger partial charge in [0.25, 0.3) is 5.69 Å². The van der Waals surface area contributed by atoms with Gasteiger partial charge < -0.3 is 46.6 Å². The van der Waals surface area contributed by atoms with Crippen molar-refractivity contribution in [1.82, 2.24) is 19.6 Å². The second-order valence-corrected chi connectivity index (χ2v) is 9.63. The molecule has 0 radical (unpaired) electrons. The van der Waals surface area contributed by atoms with E-state index in [9.17, 15) is 10.1 Å². The summed E-state index contributed by atoms with van der Waals surface area (Å²) >= 11 is 0. The number of nitrogens with zero attached hydrogens (tertiary/aromatic N) is 5. The number of nitro benzene ring substituents is 1. The summed E-state index contributed by atoms with van der Waals surface area (Å²) in [5.41, 5.74) is 10.1. The van der Waals surface area contributed by atoms with Crippen LogP contribution in [-0.2, 0) is 0 Å². The minimum absolute atomic E-state index is 0.0769. The number of rotatable bonds is 15. The topological polar surface area (TPSA) is 130 Å². The molecular formula is C27H40N10O2. The predicted octanol–water partition coefficient (Wildman–Crippen LogP) is 3.27. The van der Waals surface area contributed by atoms with Crippen LogP contribution in [0.5, 0.6) is 0 Å². The molecular weight excluding hydrogens is 496 g/mol. The quantitative estimate of drug-likeness (QED) is 0.131. The number of nitro groups is 1. The molecule has 39 heavy (non-hydrogen) atoms. The zero-order chi connectivity index (χ0) is 27.6. The Labute approximate surface area is 230 Å². The third kappa shape index (κ3) is 7.76. The van der Waals surface area contributed by atoms with E-state index in [0.29, 0.717) is 5.69 Å². The monoisotopic (exact) mass is 536 g/mol. The van der Waals surface area contributed by atoms with E-state index < -0.39 is 0 Å². The lowest BCUT2D eigenvalue weighted by atomic mass is 10.2. The Kier molecular flexibility index (Phi) is 9.44. The Morgan fingerprint density at radius 1 is 0.769 bits per heavy atom. The minimum Gasteiger partial charge on any atom is -0.397 e. The van der Waals surface area contributed by atoms with Gasteiger partial charge in [0.05, 0.1) is 29.6 Å². The molecule has 2 aliphatic heterocycles. The Hall–Kier alpha value is -4.48. The zero-order valence-electron chi connectivity index (χ0n) is 22.8. The van der Waals surface area contributed by atoms with Crippen LogP contribution in [0.1, 0.15) is 6.42 Å². The lowest BCUT2D eigenvalue weighted by Crippen LogP contribution is -2.32. The van der Waals surface area contributed by atoms with Gasteiger partial charge in [0.1, 0.15) is 5.69 Å². The molecule has 0 unspecified atom stereocenters. The Morgan fingerprint density at radius 3 is 1.77 bits per heavy atom. The van der Waals surface area contributed by atoms with Gasteiger partial charge in [-0.25, -0.2) is 0 Å². The van der Waals surface area contributed by atoms with Gasteiger partial charge in [-0.2, -0.15) is 0 Å². The van der Waals surface area contributed by atoms with E-state index in [1.165, 1.54) is 6.07 Å². The fourth-order valence-corrected chi connectivity index (χ4v) is 4.67. The van der Waals surface area contributed by atoms with Gasteiger partial charge in [-0.05, 0) is 36.8 Å². The van der Waals surface area contributed by atoms with Crippen molar-refractivity contribution in [3.63, 3.8) is 0 Å². The summed E-state index contributed by atoms with van der Waals surface area (Å²) in [6, 6.07) is 11.0. The maximum Gasteiger partial charge on any atom is 0.292 e. The van der Waals surface area contributed by atoms with Crippen molar-refractivity contribution in [2.24, 2.45) is 0 Å². The third-order valence-electron chi connectivity index (χ3n) is 6.84. The van der Waals surface area contributed by atoms with Gasteiger partial charge in [0, 0.05) is 95.6 Å². The van der Waals surface area contributed by atoms with E-state index in [0.717, 1.165) is 81.8 Å². The molecule has 0 aliphatic carbocycles. The van der Waals surface area contributed by atoms with E-state index in [1.54, 1.807) is 19.2 Å². The smallest absolute Gasteiger partial charge is 0.292 e. The fourth-order valence-electron chi connectivity index (χ4n) is 4.67. The molecule has 0 aromatic heterocycles. The molecule has 6 N–H and O–H groups in total. The van der Waals surface area contributed by atoms with Crippen LogP contribution in [0.15, 0.2) is 61.2 Å². The lowest BCUT2D eigenvalue weighted by Gasteiger charge is -2.24. The molecule has 0 bridgehead atoms. The SMILES string of the molecule is CNc1cc(NCCN2C=CN(CCCN3C=CN(CCNc4ccc([N+](=O)[O-])c(NC)c4)C3)C2)ccc1N. The van der Waals surface area contributed by atoms with Crippen molar-refractivity contribution < 1.29 is 4.92 Å². The molecule has 210 valence electrons. The Bertz CT molecular complexity index is 1170. The highest BCUT2D eigenvalue weighted by Crippen LogP contribution is 2.27. The van der Waals surface area contributed by atoms with Crippen molar-refractivity contribution in [2.75, 3.05) is 93.7 Å². The Balaban J connectivity index is 1.07. The molecule has 0 fully saturated rings. The standard InChI is InChI=1S/C27H40N10O2/c1-29-25-18-22(4-6-24(25)28)31-8-12-35-16-14-33(20-35)10-3-11-34-15-17-36(21-34)13-9-32-23-5-7-27(37(38)39)26(19-23)30-2/h4-7,14-19,29-32H,3,8-13,20-21,28H2,1-2H3. The largest absolute Gasteiger partial charge is 0.397 e. The summed E-state index contributed by atoms with van der Waals surface area (Å²) in [6.07, 6.45) is 9.71. The maximum atomic E-state index is 11.1. The van der Waals surface area contributed by atoms with Crippen molar-refractivity contribution in [1.29, 1.82) is 0 Å². The summed E-state index contributed by atoms with van der Waals surface area (Å²) < 4.78 is 0. The van der Waals surface area contributed by atoms with Crippen molar-refractivity contribution in [3.8, 4) is 0 Å². The number of hydrogen-bond donors (Lipinski definition) is 5. The summed E-state index contributed by atoms with van der Waals surface area (Å²) in [7, 11) is 3.56. The number of anilines is 5. The van der Waals surface area contributed by atoms with Gasteiger partial charge in [0.15, 0.2) is 0 Å². The van der Waals surface area contributed by atoms with Crippen LogP contribution in [0, 0.1) is 10.1 Å². The first-order valence-corrected chi connectivity index (χ1v) is 13.3. The first-order chi connectivity index (χ1) is 18.9. The number of nitrogens with one attached hydrogen (secondary N) is 4. The van der Waals surface area contributed by atoms with Gasteiger partial charge in [-0.1, -0.05) is 0 Å². The summed E-state index contributed by atoms with van der Waals surface area (Å²) in [6.45, 7) is 7.19. The second-order valence-electron chi connectivity index (χ2n) is 9.63. The zero-order valence-corrected chi connectivity index (χ0v) is 22.8. The van der Waals surface area contributed by atoms with Crippen molar-refractivity contribution in [3.05, 3.63) is 71.3 Å². The van der Waals surface area contributed by atoms with E-state index in [1.807, 2.05) is 25.2 Å². The summed E-state index contributed by atoms with van der Waals surface area (Å²) in [5, 5.41) is 23.9. The summed E-state index contributed by atoms with van der Waals surface area (Å²) in [5.74, 6) is 0. The van der Waals surface area contributed by atoms with Crippen LogP contribution < -0.4 is 27.0 Å². The molecule has 0 amide bonds. The van der Waals surface area contributed by atoms with E-state index >= 15 is 0 Å². The van der Waals surface area contributed by atoms with Crippen LogP contribution in [0.3, 0.4) is 0 Å². The van der Waals surface area contributed by atoms with Crippen LogP contribution in [0.2, 0.25) is 0 Å². The molecule has 0 atom stereocenters. The number of nitrogen functional groups attached to an aromatic ring is 1. The second kappa shape index (κ2) is 13.4. The molecule has 2 aliphatic rings. The minimum atomic E-state index is -0.378. The van der Waals surface area contributed by atoms with Crippen LogP contribution in [0.25, 0.3) is 0 Å². The molecule has 2 heterocycles. The maximum absolute atomic E-state index is 11.1. The first kappa shape index (κ1) is 27.6.